The van der Waals surface area contributed by atoms with Gasteiger partial charge in [-0.1, -0.05) is 48.5 Å². The first-order valence-corrected chi connectivity index (χ1v) is 12.4. The summed E-state index contributed by atoms with van der Waals surface area (Å²) in [5, 5.41) is 3.47. The van der Waals surface area contributed by atoms with Gasteiger partial charge in [-0.15, -0.1) is 0 Å². The van der Waals surface area contributed by atoms with Gasteiger partial charge in [0.05, 0.1) is 19.8 Å². The van der Waals surface area contributed by atoms with Crippen LogP contribution in [0.5, 0.6) is 11.5 Å². The Hall–Kier alpha value is -3.68. The molecule has 0 aliphatic carbocycles. The highest BCUT2D eigenvalue weighted by molar-refractivity contribution is 7.80. The molecule has 184 valence electrons. The number of benzene rings is 3. The molecule has 2 saturated heterocycles. The van der Waals surface area contributed by atoms with E-state index in [1.165, 1.54) is 0 Å². The molecule has 0 spiro atoms. The molecule has 5 rings (SSSR count). The van der Waals surface area contributed by atoms with Crippen molar-refractivity contribution < 1.29 is 19.0 Å². The molecule has 0 radical (unpaired) electrons. The molecule has 2 fully saturated rings. The second kappa shape index (κ2) is 10.9. The molecule has 7 heteroatoms. The summed E-state index contributed by atoms with van der Waals surface area (Å²) in [6.07, 6.45) is 3.81. The van der Waals surface area contributed by atoms with E-state index in [2.05, 4.69) is 17.4 Å². The molecular weight excluding hydrogens is 472 g/mol. The number of carbonyl (C=O) groups is 1. The van der Waals surface area contributed by atoms with E-state index in [-0.39, 0.29) is 12.0 Å². The molecular formula is C29H28N2O4S. The first kappa shape index (κ1) is 24.0. The SMILES string of the molecule is COc1ccc(/C=C2/NC(=S)N(CC3CCCO3)C2=O)cc1COc1ccc(-c2ccccc2)cc1. The Kier molecular flexibility index (Phi) is 7.30. The van der Waals surface area contributed by atoms with Crippen molar-refractivity contribution in [2.75, 3.05) is 20.3 Å². The zero-order valence-electron chi connectivity index (χ0n) is 20.1. The normalized spacial score (nSPS) is 18.5. The lowest BCUT2D eigenvalue weighted by molar-refractivity contribution is -0.123. The minimum atomic E-state index is -0.136. The van der Waals surface area contributed by atoms with E-state index in [9.17, 15) is 4.79 Å². The van der Waals surface area contributed by atoms with Crippen molar-refractivity contribution in [3.8, 4) is 22.6 Å². The Morgan fingerprint density at radius 2 is 1.86 bits per heavy atom. The van der Waals surface area contributed by atoms with Crippen LogP contribution in [0.3, 0.4) is 0 Å². The number of ether oxygens (including phenoxy) is 3. The van der Waals surface area contributed by atoms with Gasteiger partial charge in [0.15, 0.2) is 5.11 Å². The highest BCUT2D eigenvalue weighted by Crippen LogP contribution is 2.26. The quantitative estimate of drug-likeness (QED) is 0.340. The number of nitrogens with zero attached hydrogens (tertiary/aromatic N) is 1. The molecule has 36 heavy (non-hydrogen) atoms. The van der Waals surface area contributed by atoms with Gasteiger partial charge < -0.3 is 19.5 Å². The van der Waals surface area contributed by atoms with Gasteiger partial charge in [-0.2, -0.15) is 0 Å². The van der Waals surface area contributed by atoms with E-state index < -0.39 is 0 Å². The van der Waals surface area contributed by atoms with Crippen LogP contribution in [0.15, 0.2) is 78.5 Å². The first-order chi connectivity index (χ1) is 17.6. The lowest BCUT2D eigenvalue weighted by Crippen LogP contribution is -2.37. The first-order valence-electron chi connectivity index (χ1n) is 12.0. The van der Waals surface area contributed by atoms with E-state index in [0.717, 1.165) is 53.2 Å². The number of hydrogen-bond acceptors (Lipinski definition) is 5. The standard InChI is InChI=1S/C29H28N2O4S/c1-33-27-14-9-20(17-26-28(32)31(29(36)30-26)18-25-8-5-15-34-25)16-23(27)19-35-24-12-10-22(11-13-24)21-6-3-2-4-7-21/h2-4,6-7,9-14,16-17,25H,5,8,15,18-19H2,1H3,(H,30,36)/b26-17+. The van der Waals surface area contributed by atoms with Gasteiger partial charge in [-0.25, -0.2) is 0 Å². The van der Waals surface area contributed by atoms with Crippen LogP contribution in [0.1, 0.15) is 24.0 Å². The largest absolute Gasteiger partial charge is 0.496 e. The molecule has 2 aliphatic heterocycles. The smallest absolute Gasteiger partial charge is 0.276 e. The highest BCUT2D eigenvalue weighted by atomic mass is 32.1. The van der Waals surface area contributed by atoms with E-state index in [4.69, 9.17) is 26.4 Å². The number of hydrogen-bond donors (Lipinski definition) is 1. The Morgan fingerprint density at radius 3 is 2.58 bits per heavy atom. The lowest BCUT2D eigenvalue weighted by Gasteiger charge is -2.18. The third-order valence-corrected chi connectivity index (χ3v) is 6.67. The van der Waals surface area contributed by atoms with Crippen LogP contribution < -0.4 is 14.8 Å². The Bertz CT molecular complexity index is 1270. The topological polar surface area (TPSA) is 60.0 Å². The number of carbonyl (C=O) groups excluding carboxylic acids is 1. The summed E-state index contributed by atoms with van der Waals surface area (Å²) < 4.78 is 17.3. The van der Waals surface area contributed by atoms with Crippen molar-refractivity contribution in [1.82, 2.24) is 10.2 Å². The lowest BCUT2D eigenvalue weighted by atomic mass is 10.1. The van der Waals surface area contributed by atoms with Crippen molar-refractivity contribution in [3.63, 3.8) is 0 Å². The molecule has 0 saturated carbocycles. The molecule has 0 aromatic heterocycles. The van der Waals surface area contributed by atoms with E-state index >= 15 is 0 Å². The molecule has 1 N–H and O–H groups in total. The van der Waals surface area contributed by atoms with Crippen LogP contribution in [0.4, 0.5) is 0 Å². The van der Waals surface area contributed by atoms with E-state index in [0.29, 0.717) is 24.0 Å². The summed E-state index contributed by atoms with van der Waals surface area (Å²) in [5.41, 5.74) is 4.48. The maximum Gasteiger partial charge on any atom is 0.276 e. The predicted octanol–water partition coefficient (Wildman–Crippen LogP) is 5.18. The van der Waals surface area contributed by atoms with Crippen LogP contribution >= 0.6 is 12.2 Å². The summed E-state index contributed by atoms with van der Waals surface area (Å²) in [6, 6.07) is 24.0. The Labute approximate surface area is 216 Å². The van der Waals surface area contributed by atoms with Crippen LogP contribution in [0.2, 0.25) is 0 Å². The van der Waals surface area contributed by atoms with Crippen LogP contribution in [-0.4, -0.2) is 42.3 Å². The van der Waals surface area contributed by atoms with Crippen LogP contribution in [0.25, 0.3) is 17.2 Å². The fraction of sp³-hybridized carbons (Fsp3) is 0.241. The fourth-order valence-electron chi connectivity index (χ4n) is 4.43. The minimum Gasteiger partial charge on any atom is -0.496 e. The summed E-state index contributed by atoms with van der Waals surface area (Å²) in [7, 11) is 1.63. The van der Waals surface area contributed by atoms with Crippen molar-refractivity contribution in [3.05, 3.63) is 89.6 Å². The molecule has 2 aliphatic rings. The van der Waals surface area contributed by atoms with Gasteiger partial charge >= 0.3 is 0 Å². The molecule has 3 aromatic rings. The summed E-state index contributed by atoms with van der Waals surface area (Å²) >= 11 is 5.40. The summed E-state index contributed by atoms with van der Waals surface area (Å²) in [5.74, 6) is 1.35. The predicted molar refractivity (Wildman–Crippen MR) is 144 cm³/mol. The van der Waals surface area contributed by atoms with Crippen LogP contribution in [-0.2, 0) is 16.1 Å². The molecule has 0 bridgehead atoms. The maximum absolute atomic E-state index is 13.0. The average molecular weight is 501 g/mol. The van der Waals surface area contributed by atoms with Crippen molar-refractivity contribution in [2.24, 2.45) is 0 Å². The van der Waals surface area contributed by atoms with Crippen molar-refractivity contribution >= 4 is 29.3 Å². The second-order valence-electron chi connectivity index (χ2n) is 8.79. The molecule has 1 unspecified atom stereocenters. The molecule has 1 amide bonds. The van der Waals surface area contributed by atoms with Gasteiger partial charge in [0.2, 0.25) is 0 Å². The van der Waals surface area contributed by atoms with Gasteiger partial charge in [0.1, 0.15) is 23.8 Å². The molecule has 2 heterocycles. The third kappa shape index (κ3) is 5.42. The zero-order chi connectivity index (χ0) is 24.9. The molecule has 6 nitrogen and oxygen atoms in total. The average Bonchev–Trinajstić information content (AvgIpc) is 3.52. The molecule has 1 atom stereocenters. The van der Waals surface area contributed by atoms with E-state index in [1.807, 2.05) is 66.7 Å². The Morgan fingerprint density at radius 1 is 1.08 bits per heavy atom. The minimum absolute atomic E-state index is 0.0412. The van der Waals surface area contributed by atoms with Gasteiger partial charge in [0.25, 0.3) is 5.91 Å². The highest BCUT2D eigenvalue weighted by Gasteiger charge is 2.33. The fourth-order valence-corrected chi connectivity index (χ4v) is 4.70. The summed E-state index contributed by atoms with van der Waals surface area (Å²) in [4.78, 5) is 14.5. The Balaban J connectivity index is 1.28. The van der Waals surface area contributed by atoms with Gasteiger partial charge in [0, 0.05) is 12.2 Å². The third-order valence-electron chi connectivity index (χ3n) is 6.34. The number of thiocarbonyl (C=S) groups is 1. The zero-order valence-corrected chi connectivity index (χ0v) is 20.9. The monoisotopic (exact) mass is 500 g/mol. The van der Waals surface area contributed by atoms with Gasteiger partial charge in [-0.05, 0) is 72.1 Å². The number of rotatable bonds is 8. The second-order valence-corrected chi connectivity index (χ2v) is 9.18. The number of nitrogens with one attached hydrogen (secondary N) is 1. The maximum atomic E-state index is 13.0. The number of amides is 1. The van der Waals surface area contributed by atoms with Gasteiger partial charge in [-0.3, -0.25) is 9.69 Å². The summed E-state index contributed by atoms with van der Waals surface area (Å²) in [6.45, 7) is 1.55. The number of methoxy groups -OCH3 is 1. The van der Waals surface area contributed by atoms with Crippen LogP contribution in [0, 0.1) is 0 Å². The molecule has 3 aromatic carbocycles. The van der Waals surface area contributed by atoms with Crippen molar-refractivity contribution in [1.29, 1.82) is 0 Å². The van der Waals surface area contributed by atoms with E-state index in [1.54, 1.807) is 12.0 Å². The van der Waals surface area contributed by atoms with Crippen molar-refractivity contribution in [2.45, 2.75) is 25.6 Å².